The Morgan fingerprint density at radius 3 is 2.59 bits per heavy atom. The van der Waals surface area contributed by atoms with E-state index in [9.17, 15) is 4.79 Å². The Kier molecular flexibility index (Phi) is 4.81. The topological polar surface area (TPSA) is 47.6 Å². The number of amides is 1. The van der Waals surface area contributed by atoms with E-state index in [2.05, 4.69) is 10.7 Å². The van der Waals surface area contributed by atoms with E-state index < -0.39 is 0 Å². The molecule has 0 saturated carbocycles. The monoisotopic (exact) mass is 399 g/mol. The standard InChI is InChI=1S/C21H18ClNO3S/c1-25-14-7-8-18(26-2)15(9-14)16-10-19(24)23-20-17(11-27-21(16)20)12-3-5-13(22)6-4-12/h3-9,11,16H,10H2,1-2H3,(H,23,24). The van der Waals surface area contributed by atoms with E-state index in [0.717, 1.165) is 38.8 Å². The molecule has 2 heterocycles. The minimum atomic E-state index is -0.0788. The van der Waals surface area contributed by atoms with Crippen LogP contribution in [0, 0.1) is 0 Å². The summed E-state index contributed by atoms with van der Waals surface area (Å²) in [6, 6.07) is 13.3. The molecule has 27 heavy (non-hydrogen) atoms. The number of hydrogen-bond acceptors (Lipinski definition) is 4. The lowest BCUT2D eigenvalue weighted by atomic mass is 9.88. The number of anilines is 1. The Bertz CT molecular complexity index is 997. The summed E-state index contributed by atoms with van der Waals surface area (Å²) in [7, 11) is 3.27. The van der Waals surface area contributed by atoms with Crippen molar-refractivity contribution >= 4 is 34.5 Å². The minimum absolute atomic E-state index is 0.00835. The molecule has 2 aromatic carbocycles. The van der Waals surface area contributed by atoms with E-state index in [-0.39, 0.29) is 11.8 Å². The van der Waals surface area contributed by atoms with Crippen LogP contribution < -0.4 is 14.8 Å². The first-order valence-corrected chi connectivity index (χ1v) is 9.75. The van der Waals surface area contributed by atoms with Crippen LogP contribution in [0.4, 0.5) is 5.69 Å². The van der Waals surface area contributed by atoms with Crippen LogP contribution in [0.5, 0.6) is 11.5 Å². The van der Waals surface area contributed by atoms with Crippen molar-refractivity contribution in [3.63, 3.8) is 0 Å². The summed E-state index contributed by atoms with van der Waals surface area (Å²) in [6.07, 6.45) is 0.372. The zero-order chi connectivity index (χ0) is 19.0. The van der Waals surface area contributed by atoms with Gasteiger partial charge in [-0.3, -0.25) is 4.79 Å². The van der Waals surface area contributed by atoms with Crippen LogP contribution in [0.1, 0.15) is 22.8 Å². The highest BCUT2D eigenvalue weighted by atomic mass is 35.5. The summed E-state index contributed by atoms with van der Waals surface area (Å²) in [5.74, 6) is 1.41. The van der Waals surface area contributed by atoms with Gasteiger partial charge in [0.25, 0.3) is 0 Å². The largest absolute Gasteiger partial charge is 0.497 e. The summed E-state index contributed by atoms with van der Waals surface area (Å²) in [5, 5.41) is 5.82. The van der Waals surface area contributed by atoms with Gasteiger partial charge >= 0.3 is 0 Å². The molecule has 6 heteroatoms. The number of fused-ring (bicyclic) bond motifs is 1. The van der Waals surface area contributed by atoms with E-state index in [1.807, 2.05) is 42.5 Å². The van der Waals surface area contributed by atoms with Crippen molar-refractivity contribution in [1.29, 1.82) is 0 Å². The number of thiophene rings is 1. The highest BCUT2D eigenvalue weighted by molar-refractivity contribution is 7.11. The summed E-state index contributed by atoms with van der Waals surface area (Å²) in [4.78, 5) is 13.6. The fourth-order valence-corrected chi connectivity index (χ4v) is 4.71. The second-order valence-electron chi connectivity index (χ2n) is 6.31. The van der Waals surface area contributed by atoms with Crippen LogP contribution in [-0.4, -0.2) is 20.1 Å². The second-order valence-corrected chi connectivity index (χ2v) is 7.66. The maximum Gasteiger partial charge on any atom is 0.225 e. The van der Waals surface area contributed by atoms with E-state index in [1.165, 1.54) is 0 Å². The van der Waals surface area contributed by atoms with Gasteiger partial charge < -0.3 is 14.8 Å². The number of carbonyl (C=O) groups is 1. The molecule has 3 aromatic rings. The lowest BCUT2D eigenvalue weighted by molar-refractivity contribution is -0.116. The van der Waals surface area contributed by atoms with Crippen LogP contribution in [0.2, 0.25) is 5.02 Å². The zero-order valence-corrected chi connectivity index (χ0v) is 16.5. The number of hydrogen-bond donors (Lipinski definition) is 1. The smallest absolute Gasteiger partial charge is 0.225 e. The quantitative estimate of drug-likeness (QED) is 0.624. The number of rotatable bonds is 4. The molecular weight excluding hydrogens is 382 g/mol. The molecule has 0 aliphatic carbocycles. The molecule has 0 saturated heterocycles. The number of nitrogens with one attached hydrogen (secondary N) is 1. The first-order valence-electron chi connectivity index (χ1n) is 8.49. The van der Waals surface area contributed by atoms with Crippen LogP contribution in [-0.2, 0) is 4.79 Å². The molecule has 1 atom stereocenters. The van der Waals surface area contributed by atoms with Gasteiger partial charge in [-0.2, -0.15) is 0 Å². The van der Waals surface area contributed by atoms with Gasteiger partial charge in [-0.1, -0.05) is 23.7 Å². The van der Waals surface area contributed by atoms with E-state index in [0.29, 0.717) is 11.4 Å². The number of methoxy groups -OCH3 is 2. The fourth-order valence-electron chi connectivity index (χ4n) is 3.43. The lowest BCUT2D eigenvalue weighted by Crippen LogP contribution is -2.22. The number of carbonyl (C=O) groups excluding carboxylic acids is 1. The predicted molar refractivity (Wildman–Crippen MR) is 109 cm³/mol. The Morgan fingerprint density at radius 2 is 1.89 bits per heavy atom. The molecule has 4 rings (SSSR count). The van der Waals surface area contributed by atoms with Crippen molar-refractivity contribution in [3.8, 4) is 22.6 Å². The number of benzene rings is 2. The van der Waals surface area contributed by atoms with Crippen molar-refractivity contribution in [2.24, 2.45) is 0 Å². The van der Waals surface area contributed by atoms with Gasteiger partial charge in [0.15, 0.2) is 0 Å². The van der Waals surface area contributed by atoms with Gasteiger partial charge in [-0.05, 0) is 35.9 Å². The number of ether oxygens (including phenoxy) is 2. The summed E-state index contributed by atoms with van der Waals surface area (Å²) in [6.45, 7) is 0. The molecule has 1 aliphatic heterocycles. The van der Waals surface area contributed by atoms with Crippen molar-refractivity contribution in [1.82, 2.24) is 0 Å². The van der Waals surface area contributed by atoms with Gasteiger partial charge in [0.1, 0.15) is 11.5 Å². The molecule has 1 aromatic heterocycles. The van der Waals surface area contributed by atoms with Gasteiger partial charge in [0.05, 0.1) is 19.9 Å². The molecule has 0 radical (unpaired) electrons. The third kappa shape index (κ3) is 3.29. The van der Waals surface area contributed by atoms with Gasteiger partial charge in [-0.25, -0.2) is 0 Å². The van der Waals surface area contributed by atoms with Crippen LogP contribution in [0.15, 0.2) is 47.8 Å². The van der Waals surface area contributed by atoms with E-state index >= 15 is 0 Å². The first-order chi connectivity index (χ1) is 13.1. The van der Waals surface area contributed by atoms with Crippen molar-refractivity contribution < 1.29 is 14.3 Å². The highest BCUT2D eigenvalue weighted by Gasteiger charge is 2.32. The molecule has 0 bridgehead atoms. The summed E-state index contributed by atoms with van der Waals surface area (Å²) < 4.78 is 10.9. The van der Waals surface area contributed by atoms with E-state index in [4.69, 9.17) is 21.1 Å². The fraction of sp³-hybridized carbons (Fsp3) is 0.190. The minimum Gasteiger partial charge on any atom is -0.497 e. The Balaban J connectivity index is 1.83. The predicted octanol–water partition coefficient (Wildman–Crippen LogP) is 5.56. The molecule has 1 aliphatic rings. The Hall–Kier alpha value is -2.50. The molecule has 4 nitrogen and oxygen atoms in total. The highest BCUT2D eigenvalue weighted by Crippen LogP contribution is 2.48. The average Bonchev–Trinajstić information content (AvgIpc) is 3.11. The third-order valence-corrected chi connectivity index (χ3v) is 6.11. The SMILES string of the molecule is COc1ccc(OC)c(C2CC(=O)Nc3c(-c4ccc(Cl)cc4)csc32)c1. The van der Waals surface area contributed by atoms with Crippen LogP contribution >= 0.6 is 22.9 Å². The van der Waals surface area contributed by atoms with Gasteiger partial charge in [-0.15, -0.1) is 11.3 Å². The van der Waals surface area contributed by atoms with Crippen molar-refractivity contribution in [3.05, 3.63) is 63.3 Å². The normalized spacial score (nSPS) is 15.8. The Morgan fingerprint density at radius 1 is 1.11 bits per heavy atom. The zero-order valence-electron chi connectivity index (χ0n) is 14.9. The summed E-state index contributed by atoms with van der Waals surface area (Å²) >= 11 is 7.66. The lowest BCUT2D eigenvalue weighted by Gasteiger charge is -2.25. The first kappa shape index (κ1) is 17.9. The second kappa shape index (κ2) is 7.25. The number of halogens is 1. The molecule has 0 fully saturated rings. The molecule has 138 valence electrons. The van der Waals surface area contributed by atoms with Crippen molar-refractivity contribution in [2.45, 2.75) is 12.3 Å². The third-order valence-electron chi connectivity index (χ3n) is 4.76. The maximum absolute atomic E-state index is 12.5. The van der Waals surface area contributed by atoms with Crippen LogP contribution in [0.25, 0.3) is 11.1 Å². The maximum atomic E-state index is 12.5. The van der Waals surface area contributed by atoms with E-state index in [1.54, 1.807) is 25.6 Å². The molecule has 0 spiro atoms. The molecule has 1 N–H and O–H groups in total. The summed E-state index contributed by atoms with van der Waals surface area (Å²) in [5.41, 5.74) is 3.85. The molecular formula is C21H18ClNO3S. The molecule has 1 amide bonds. The van der Waals surface area contributed by atoms with Gasteiger partial charge in [0, 0.05) is 38.7 Å². The molecule has 1 unspecified atom stereocenters. The van der Waals surface area contributed by atoms with Gasteiger partial charge in [0.2, 0.25) is 5.91 Å². The average molecular weight is 400 g/mol. The van der Waals surface area contributed by atoms with Crippen LogP contribution in [0.3, 0.4) is 0 Å². The Labute approximate surface area is 166 Å². The van der Waals surface area contributed by atoms with Crippen molar-refractivity contribution in [2.75, 3.05) is 19.5 Å².